The molecule has 0 saturated carbocycles. The monoisotopic (exact) mass is 325 g/mol. The Kier molecular flexibility index (Phi) is 5.89. The van der Waals surface area contributed by atoms with Crippen LogP contribution in [0.4, 0.5) is 0 Å². The number of fused-ring (bicyclic) bond motifs is 1. The second-order valence-electron chi connectivity index (χ2n) is 6.60. The molecular formula is C21H27NO2. The zero-order valence-electron chi connectivity index (χ0n) is 14.4. The van der Waals surface area contributed by atoms with Crippen LogP contribution in [0.3, 0.4) is 0 Å². The molecule has 128 valence electrons. The number of ether oxygens (including phenoxy) is 1. The summed E-state index contributed by atoms with van der Waals surface area (Å²) in [6.45, 7) is 0.992. The summed E-state index contributed by atoms with van der Waals surface area (Å²) < 4.78 is 5.31. The summed E-state index contributed by atoms with van der Waals surface area (Å²) in [4.78, 5) is 0. The number of aliphatic hydroxyl groups is 1. The summed E-state index contributed by atoms with van der Waals surface area (Å²) >= 11 is 0. The Labute approximate surface area is 144 Å². The predicted molar refractivity (Wildman–Crippen MR) is 97.4 cm³/mol. The summed E-state index contributed by atoms with van der Waals surface area (Å²) in [5.41, 5.74) is 3.67. The van der Waals surface area contributed by atoms with E-state index in [0.29, 0.717) is 6.04 Å². The maximum atomic E-state index is 10.5. The van der Waals surface area contributed by atoms with Gasteiger partial charge in [-0.2, -0.15) is 0 Å². The number of nitrogens with one attached hydrogen (secondary N) is 1. The van der Waals surface area contributed by atoms with Crippen molar-refractivity contribution < 1.29 is 9.84 Å². The van der Waals surface area contributed by atoms with E-state index >= 15 is 0 Å². The molecule has 0 aliphatic heterocycles. The van der Waals surface area contributed by atoms with Crippen LogP contribution in [0.1, 0.15) is 42.1 Å². The average Bonchev–Trinajstić information content (AvgIpc) is 2.78. The fraction of sp³-hybridized carbons (Fsp3) is 0.429. The van der Waals surface area contributed by atoms with Crippen molar-refractivity contribution in [3.63, 3.8) is 0 Å². The molecule has 3 heteroatoms. The molecule has 0 unspecified atom stereocenters. The van der Waals surface area contributed by atoms with Gasteiger partial charge in [0, 0.05) is 6.04 Å². The highest BCUT2D eigenvalue weighted by Crippen LogP contribution is 2.31. The average molecular weight is 325 g/mol. The molecule has 2 aromatic rings. The molecule has 0 radical (unpaired) electrons. The second-order valence-corrected chi connectivity index (χ2v) is 6.60. The predicted octanol–water partition coefficient (Wildman–Crippen LogP) is 3.66. The Morgan fingerprint density at radius 2 is 2.00 bits per heavy atom. The van der Waals surface area contributed by atoms with Crippen LogP contribution in [0.2, 0.25) is 0 Å². The largest absolute Gasteiger partial charge is 0.497 e. The molecule has 0 saturated heterocycles. The molecule has 1 aliphatic carbocycles. The van der Waals surface area contributed by atoms with Crippen molar-refractivity contribution in [2.45, 2.75) is 44.2 Å². The maximum Gasteiger partial charge on any atom is 0.119 e. The van der Waals surface area contributed by atoms with Gasteiger partial charge in [0.2, 0.25) is 0 Å². The third-order valence-electron chi connectivity index (χ3n) is 4.90. The Bertz CT molecular complexity index is 642. The van der Waals surface area contributed by atoms with Gasteiger partial charge >= 0.3 is 0 Å². The van der Waals surface area contributed by atoms with Gasteiger partial charge in [0.1, 0.15) is 5.75 Å². The lowest BCUT2D eigenvalue weighted by Crippen LogP contribution is -2.31. The highest BCUT2D eigenvalue weighted by Gasteiger charge is 2.22. The second kappa shape index (κ2) is 8.32. The molecule has 0 bridgehead atoms. The van der Waals surface area contributed by atoms with Crippen LogP contribution < -0.4 is 10.1 Å². The standard InChI is InChI=1S/C21H27NO2/c1-24-19-11-12-20-17(14-19)9-10-18(15-21(20)23)22-13-5-8-16-6-3-2-4-7-16/h2-4,6-7,11-12,14,18,21-23H,5,8-10,13,15H2,1H3/t18-,21+/m0/s1. The van der Waals surface area contributed by atoms with Gasteiger partial charge in [0.15, 0.2) is 0 Å². The number of aryl methyl sites for hydroxylation is 2. The van der Waals surface area contributed by atoms with Gasteiger partial charge in [-0.05, 0) is 67.5 Å². The zero-order chi connectivity index (χ0) is 16.8. The highest BCUT2D eigenvalue weighted by atomic mass is 16.5. The topological polar surface area (TPSA) is 41.5 Å². The van der Waals surface area contributed by atoms with Crippen molar-refractivity contribution in [2.75, 3.05) is 13.7 Å². The van der Waals surface area contributed by atoms with Gasteiger partial charge in [-0.1, -0.05) is 36.4 Å². The van der Waals surface area contributed by atoms with Crippen LogP contribution in [-0.4, -0.2) is 24.8 Å². The van der Waals surface area contributed by atoms with Gasteiger partial charge in [-0.15, -0.1) is 0 Å². The van der Waals surface area contributed by atoms with Gasteiger partial charge < -0.3 is 15.2 Å². The van der Waals surface area contributed by atoms with Crippen LogP contribution in [0.5, 0.6) is 5.75 Å². The van der Waals surface area contributed by atoms with Crippen molar-refractivity contribution in [2.24, 2.45) is 0 Å². The fourth-order valence-electron chi connectivity index (χ4n) is 3.52. The minimum absolute atomic E-state index is 0.370. The van der Waals surface area contributed by atoms with Crippen LogP contribution in [0, 0.1) is 0 Å². The minimum atomic E-state index is -0.389. The molecule has 0 amide bonds. The van der Waals surface area contributed by atoms with E-state index in [1.54, 1.807) is 7.11 Å². The molecule has 0 fully saturated rings. The molecule has 0 spiro atoms. The molecule has 3 nitrogen and oxygen atoms in total. The molecule has 0 heterocycles. The smallest absolute Gasteiger partial charge is 0.119 e. The van der Waals surface area contributed by atoms with Crippen molar-refractivity contribution in [3.8, 4) is 5.75 Å². The van der Waals surface area contributed by atoms with Crippen molar-refractivity contribution >= 4 is 0 Å². The maximum absolute atomic E-state index is 10.5. The summed E-state index contributed by atoms with van der Waals surface area (Å²) in [7, 11) is 1.69. The Morgan fingerprint density at radius 3 is 2.79 bits per heavy atom. The van der Waals surface area contributed by atoms with Crippen LogP contribution in [0.25, 0.3) is 0 Å². The van der Waals surface area contributed by atoms with Crippen LogP contribution >= 0.6 is 0 Å². The van der Waals surface area contributed by atoms with Gasteiger partial charge in [0.25, 0.3) is 0 Å². The van der Waals surface area contributed by atoms with E-state index in [9.17, 15) is 5.11 Å². The van der Waals surface area contributed by atoms with Gasteiger partial charge in [0.05, 0.1) is 13.2 Å². The first-order valence-electron chi connectivity index (χ1n) is 8.88. The lowest BCUT2D eigenvalue weighted by molar-refractivity contribution is 0.153. The lowest BCUT2D eigenvalue weighted by atomic mass is 10.0. The normalized spacial score (nSPS) is 20.2. The SMILES string of the molecule is COc1ccc2c(c1)CC[C@H](NCCCc1ccccc1)C[C@H]2O. The molecule has 2 N–H and O–H groups in total. The number of methoxy groups -OCH3 is 1. The molecule has 0 aromatic heterocycles. The van der Waals surface area contributed by atoms with Gasteiger partial charge in [-0.25, -0.2) is 0 Å². The van der Waals surface area contributed by atoms with Crippen LogP contribution in [0.15, 0.2) is 48.5 Å². The molecule has 2 aromatic carbocycles. The summed E-state index contributed by atoms with van der Waals surface area (Å²) in [5, 5.41) is 14.2. The molecule has 3 rings (SSSR count). The number of rotatable bonds is 6. The number of aliphatic hydroxyl groups excluding tert-OH is 1. The quantitative estimate of drug-likeness (QED) is 0.629. The van der Waals surface area contributed by atoms with E-state index in [1.807, 2.05) is 12.1 Å². The van der Waals surface area contributed by atoms with Crippen molar-refractivity contribution in [1.29, 1.82) is 0 Å². The summed E-state index contributed by atoms with van der Waals surface area (Å²) in [6.07, 6.45) is 4.66. The van der Waals surface area contributed by atoms with E-state index < -0.39 is 0 Å². The third kappa shape index (κ3) is 4.37. The molecule has 2 atom stereocenters. The third-order valence-corrected chi connectivity index (χ3v) is 4.90. The van der Waals surface area contributed by atoms with E-state index in [0.717, 1.165) is 50.0 Å². The zero-order valence-corrected chi connectivity index (χ0v) is 14.4. The molecule has 1 aliphatic rings. The first-order valence-corrected chi connectivity index (χ1v) is 8.88. The number of hydrogen-bond acceptors (Lipinski definition) is 3. The first kappa shape index (κ1) is 17.0. The Morgan fingerprint density at radius 1 is 1.17 bits per heavy atom. The Balaban J connectivity index is 1.50. The van der Waals surface area contributed by atoms with Crippen molar-refractivity contribution in [1.82, 2.24) is 5.32 Å². The number of benzene rings is 2. The highest BCUT2D eigenvalue weighted by molar-refractivity contribution is 5.38. The van der Waals surface area contributed by atoms with E-state index in [-0.39, 0.29) is 6.10 Å². The summed E-state index contributed by atoms with van der Waals surface area (Å²) in [5.74, 6) is 0.871. The fourth-order valence-corrected chi connectivity index (χ4v) is 3.52. The Hall–Kier alpha value is -1.84. The van der Waals surface area contributed by atoms with E-state index in [1.165, 1.54) is 11.1 Å². The van der Waals surface area contributed by atoms with E-state index in [2.05, 4.69) is 41.7 Å². The molecular weight excluding hydrogens is 298 g/mol. The first-order chi connectivity index (χ1) is 11.8. The van der Waals surface area contributed by atoms with Crippen LogP contribution in [-0.2, 0) is 12.8 Å². The van der Waals surface area contributed by atoms with E-state index in [4.69, 9.17) is 4.74 Å². The summed E-state index contributed by atoms with van der Waals surface area (Å²) in [6, 6.07) is 17.0. The number of hydrogen-bond donors (Lipinski definition) is 2. The van der Waals surface area contributed by atoms with Crippen molar-refractivity contribution in [3.05, 3.63) is 65.2 Å². The lowest BCUT2D eigenvalue weighted by Gasteiger charge is -2.18. The van der Waals surface area contributed by atoms with Gasteiger partial charge in [-0.3, -0.25) is 0 Å². The molecule has 24 heavy (non-hydrogen) atoms. The minimum Gasteiger partial charge on any atom is -0.497 e.